The molecule has 18 heavy (non-hydrogen) atoms. The van der Waals surface area contributed by atoms with E-state index in [1.54, 1.807) is 9.71 Å². The summed E-state index contributed by atoms with van der Waals surface area (Å²) in [6, 6.07) is 7.92. The molecule has 0 saturated heterocycles. The van der Waals surface area contributed by atoms with E-state index in [0.717, 1.165) is 23.2 Å². The number of nitrogens with zero attached hydrogens (tertiary/aromatic N) is 3. The fourth-order valence-electron chi connectivity index (χ4n) is 1.45. The molecule has 0 aliphatic rings. The number of amides is 1. The minimum atomic E-state index is 0.551. The summed E-state index contributed by atoms with van der Waals surface area (Å²) in [4.78, 5) is 10.8. The molecule has 0 saturated carbocycles. The first kappa shape index (κ1) is 12.8. The van der Waals surface area contributed by atoms with E-state index in [0.29, 0.717) is 6.54 Å². The Hall–Kier alpha value is -1.66. The lowest BCUT2D eigenvalue weighted by atomic mass is 10.1. The van der Waals surface area contributed by atoms with Crippen LogP contribution in [0.3, 0.4) is 0 Å². The molecule has 0 fully saturated rings. The van der Waals surface area contributed by atoms with Crippen LogP contribution in [0.25, 0.3) is 11.3 Å². The number of carbonyl (C=O) groups excluding carboxylic acids is 1. The van der Waals surface area contributed by atoms with E-state index in [1.165, 1.54) is 23.5 Å². The smallest absolute Gasteiger partial charge is 0.220 e. The van der Waals surface area contributed by atoms with Gasteiger partial charge in [0.25, 0.3) is 0 Å². The quantitative estimate of drug-likeness (QED) is 0.601. The van der Waals surface area contributed by atoms with Crippen molar-refractivity contribution in [2.45, 2.75) is 6.54 Å². The zero-order valence-corrected chi connectivity index (χ0v) is 11.2. The molecule has 2 aromatic rings. The third kappa shape index (κ3) is 3.18. The lowest BCUT2D eigenvalue weighted by Crippen LogP contribution is -2.11. The molecule has 1 aromatic heterocycles. The molecule has 0 N–H and O–H groups in total. The van der Waals surface area contributed by atoms with Crippen molar-refractivity contribution in [2.24, 2.45) is 0 Å². The minimum Gasteiger partial charge on any atom is -0.281 e. The van der Waals surface area contributed by atoms with Crippen LogP contribution >= 0.6 is 23.5 Å². The molecule has 0 radical (unpaired) electrons. The summed E-state index contributed by atoms with van der Waals surface area (Å²) in [5, 5.41) is 7.54. The van der Waals surface area contributed by atoms with Gasteiger partial charge in [0, 0.05) is 10.9 Å². The van der Waals surface area contributed by atoms with Gasteiger partial charge in [0.2, 0.25) is 6.41 Å². The van der Waals surface area contributed by atoms with E-state index in [2.05, 4.69) is 16.2 Å². The van der Waals surface area contributed by atoms with Crippen LogP contribution in [0.4, 0.5) is 0 Å². The predicted octanol–water partition coefficient (Wildman–Crippen LogP) is 2.96. The molecule has 1 heterocycles. The van der Waals surface area contributed by atoms with Crippen molar-refractivity contribution < 1.29 is 4.79 Å². The summed E-state index contributed by atoms with van der Waals surface area (Å²) in [5.41, 5.74) is 2.96. The molecule has 0 unspecified atom stereocenters. The zero-order chi connectivity index (χ0) is 12.8. The molecule has 6 heteroatoms. The Morgan fingerprint density at radius 2 is 2.17 bits per heavy atom. The minimum absolute atomic E-state index is 0.551. The Labute approximate surface area is 114 Å². The Morgan fingerprint density at radius 1 is 1.39 bits per heavy atom. The van der Waals surface area contributed by atoms with Crippen molar-refractivity contribution in [3.8, 4) is 11.3 Å². The molecule has 2 rings (SSSR count). The van der Waals surface area contributed by atoms with Gasteiger partial charge in [0.1, 0.15) is 5.69 Å². The van der Waals surface area contributed by atoms with Gasteiger partial charge in [-0.2, -0.15) is 0 Å². The van der Waals surface area contributed by atoms with Gasteiger partial charge in [0.15, 0.2) is 0 Å². The number of carbonyl (C=O) groups is 1. The standard InChI is InChI=1S/C12H11N3OS2/c1-2-18-15(9-16)7-10-3-5-11(6-4-10)12-8-17-14-13-12/h2-6,8-9H,1,7H2. The van der Waals surface area contributed by atoms with E-state index >= 15 is 0 Å². The van der Waals surface area contributed by atoms with Crippen LogP contribution in [-0.2, 0) is 11.3 Å². The molecule has 0 aliphatic heterocycles. The van der Waals surface area contributed by atoms with Gasteiger partial charge in [-0.1, -0.05) is 35.3 Å². The van der Waals surface area contributed by atoms with Crippen LogP contribution in [0.2, 0.25) is 0 Å². The molecule has 1 aromatic carbocycles. The Balaban J connectivity index is 2.08. The van der Waals surface area contributed by atoms with Gasteiger partial charge in [-0.15, -0.1) is 5.10 Å². The summed E-state index contributed by atoms with van der Waals surface area (Å²) >= 11 is 2.61. The average Bonchev–Trinajstić information content (AvgIpc) is 2.93. The number of hydrogen-bond donors (Lipinski definition) is 0. The lowest BCUT2D eigenvalue weighted by Gasteiger charge is -2.13. The highest BCUT2D eigenvalue weighted by Crippen LogP contribution is 2.20. The van der Waals surface area contributed by atoms with Crippen LogP contribution in [0.5, 0.6) is 0 Å². The molecule has 92 valence electrons. The van der Waals surface area contributed by atoms with E-state index in [9.17, 15) is 4.79 Å². The highest BCUT2D eigenvalue weighted by Gasteiger charge is 2.04. The van der Waals surface area contributed by atoms with E-state index in [4.69, 9.17) is 0 Å². The van der Waals surface area contributed by atoms with E-state index in [1.807, 2.05) is 29.6 Å². The molecule has 1 amide bonds. The summed E-state index contributed by atoms with van der Waals surface area (Å²) in [6.07, 6.45) is 0.796. The maximum absolute atomic E-state index is 10.8. The first-order chi connectivity index (χ1) is 8.83. The third-order valence-electron chi connectivity index (χ3n) is 2.28. The fraction of sp³-hybridized carbons (Fsp3) is 0.0833. The Kier molecular flexibility index (Phi) is 4.49. The summed E-state index contributed by atoms with van der Waals surface area (Å²) in [7, 11) is 0. The van der Waals surface area contributed by atoms with Crippen LogP contribution < -0.4 is 0 Å². The van der Waals surface area contributed by atoms with Crippen molar-refractivity contribution in [3.05, 3.63) is 47.2 Å². The number of benzene rings is 1. The van der Waals surface area contributed by atoms with E-state index < -0.39 is 0 Å². The van der Waals surface area contributed by atoms with E-state index in [-0.39, 0.29) is 0 Å². The lowest BCUT2D eigenvalue weighted by molar-refractivity contribution is -0.114. The monoisotopic (exact) mass is 277 g/mol. The second-order valence-corrected chi connectivity index (χ2v) is 5.06. The van der Waals surface area contributed by atoms with Crippen molar-refractivity contribution in [3.63, 3.8) is 0 Å². The van der Waals surface area contributed by atoms with Crippen LogP contribution in [-0.4, -0.2) is 20.3 Å². The third-order valence-corrected chi connectivity index (χ3v) is 3.42. The SMILES string of the molecule is C=CSN(C=O)Cc1ccc(-c2csnn2)cc1. The fourth-order valence-corrected chi connectivity index (χ4v) is 2.38. The number of aromatic nitrogens is 2. The highest BCUT2D eigenvalue weighted by molar-refractivity contribution is 8.00. The molecule has 4 nitrogen and oxygen atoms in total. The molecule has 0 spiro atoms. The second kappa shape index (κ2) is 6.32. The van der Waals surface area contributed by atoms with Crippen LogP contribution in [0, 0.1) is 0 Å². The highest BCUT2D eigenvalue weighted by atomic mass is 32.2. The van der Waals surface area contributed by atoms with Crippen molar-refractivity contribution in [2.75, 3.05) is 0 Å². The molecular weight excluding hydrogens is 266 g/mol. The number of rotatable bonds is 6. The van der Waals surface area contributed by atoms with Gasteiger partial charge in [-0.3, -0.25) is 9.10 Å². The van der Waals surface area contributed by atoms with Gasteiger partial charge in [-0.05, 0) is 34.5 Å². The largest absolute Gasteiger partial charge is 0.281 e. The van der Waals surface area contributed by atoms with Crippen molar-refractivity contribution >= 4 is 29.9 Å². The van der Waals surface area contributed by atoms with Crippen molar-refractivity contribution in [1.29, 1.82) is 0 Å². The van der Waals surface area contributed by atoms with Crippen molar-refractivity contribution in [1.82, 2.24) is 13.9 Å². The molecule has 0 aliphatic carbocycles. The molecule has 0 bridgehead atoms. The normalized spacial score (nSPS) is 10.0. The van der Waals surface area contributed by atoms with Crippen LogP contribution in [0.1, 0.15) is 5.56 Å². The average molecular weight is 277 g/mol. The maximum Gasteiger partial charge on any atom is 0.220 e. The summed E-state index contributed by atoms with van der Waals surface area (Å²) < 4.78 is 5.41. The van der Waals surface area contributed by atoms with Gasteiger partial charge < -0.3 is 0 Å². The second-order valence-electron chi connectivity index (χ2n) is 3.44. The Bertz CT molecular complexity index is 511. The predicted molar refractivity (Wildman–Crippen MR) is 74.7 cm³/mol. The van der Waals surface area contributed by atoms with Gasteiger partial charge >= 0.3 is 0 Å². The maximum atomic E-state index is 10.8. The first-order valence-electron chi connectivity index (χ1n) is 5.19. The first-order valence-corrected chi connectivity index (χ1v) is 6.87. The summed E-state index contributed by atoms with van der Waals surface area (Å²) in [6.45, 7) is 4.14. The molecular formula is C12H11N3OS2. The molecule has 0 atom stereocenters. The number of hydrogen-bond acceptors (Lipinski definition) is 5. The van der Waals surface area contributed by atoms with Gasteiger partial charge in [-0.25, -0.2) is 0 Å². The topological polar surface area (TPSA) is 46.1 Å². The zero-order valence-electron chi connectivity index (χ0n) is 9.52. The summed E-state index contributed by atoms with van der Waals surface area (Å²) in [5.74, 6) is 0. The van der Waals surface area contributed by atoms with Gasteiger partial charge in [0.05, 0.1) is 6.54 Å². The Morgan fingerprint density at radius 3 is 2.72 bits per heavy atom. The van der Waals surface area contributed by atoms with Crippen LogP contribution in [0.15, 0.2) is 41.6 Å².